The van der Waals surface area contributed by atoms with Gasteiger partial charge in [0.2, 0.25) is 5.75 Å². The normalized spacial score (nSPS) is 11.7. The number of methoxy groups -OCH3 is 3. The van der Waals surface area contributed by atoms with Crippen LogP contribution in [0, 0.1) is 0 Å². The minimum atomic E-state index is -4.70. The van der Waals surface area contributed by atoms with Crippen molar-refractivity contribution in [3.05, 3.63) is 51.8 Å². The van der Waals surface area contributed by atoms with Crippen molar-refractivity contribution in [1.82, 2.24) is 14.6 Å². The lowest BCUT2D eigenvalue weighted by molar-refractivity contribution is -0.140. The van der Waals surface area contributed by atoms with Crippen LogP contribution in [-0.2, 0) is 6.18 Å². The Bertz CT molecular complexity index is 1280. The van der Waals surface area contributed by atoms with E-state index in [0.717, 1.165) is 21.9 Å². The molecule has 0 amide bonds. The minimum Gasteiger partial charge on any atom is -0.493 e. The number of hydrogen-bond acceptors (Lipinski definition) is 6. The van der Waals surface area contributed by atoms with Gasteiger partial charge in [-0.1, -0.05) is 6.07 Å². The van der Waals surface area contributed by atoms with Gasteiger partial charge in [0.1, 0.15) is 5.69 Å². The van der Waals surface area contributed by atoms with Crippen molar-refractivity contribution in [3.8, 4) is 38.9 Å². The van der Waals surface area contributed by atoms with E-state index >= 15 is 0 Å². The number of alkyl halides is 3. The van der Waals surface area contributed by atoms with Gasteiger partial charge in [0, 0.05) is 16.5 Å². The molecule has 3 heterocycles. The molecule has 0 atom stereocenters. The maximum Gasteiger partial charge on any atom is 0.433 e. The number of aromatic nitrogens is 3. The van der Waals surface area contributed by atoms with Crippen molar-refractivity contribution in [1.29, 1.82) is 0 Å². The van der Waals surface area contributed by atoms with Crippen molar-refractivity contribution in [3.63, 3.8) is 0 Å². The Morgan fingerprint density at radius 1 is 1.06 bits per heavy atom. The van der Waals surface area contributed by atoms with Crippen LogP contribution in [0.3, 0.4) is 0 Å². The van der Waals surface area contributed by atoms with Gasteiger partial charge in [0.25, 0.3) is 5.56 Å². The van der Waals surface area contributed by atoms with Crippen LogP contribution in [0.15, 0.2) is 40.5 Å². The van der Waals surface area contributed by atoms with Crippen molar-refractivity contribution in [2.75, 3.05) is 21.3 Å². The SMILES string of the molecule is COc1cc(-c2cc(=O)n3[nH]c(C(F)(F)F)c(-c4cccs4)c3n2)cc(OC)c1OC. The molecule has 4 rings (SSSR count). The average Bonchev–Trinajstić information content (AvgIpc) is 3.39. The van der Waals surface area contributed by atoms with Crippen LogP contribution in [-0.4, -0.2) is 35.9 Å². The number of benzene rings is 1. The van der Waals surface area contributed by atoms with E-state index in [4.69, 9.17) is 14.2 Å². The van der Waals surface area contributed by atoms with E-state index in [2.05, 4.69) is 10.1 Å². The van der Waals surface area contributed by atoms with Gasteiger partial charge >= 0.3 is 6.18 Å². The summed E-state index contributed by atoms with van der Waals surface area (Å²) >= 11 is 1.12. The summed E-state index contributed by atoms with van der Waals surface area (Å²) < 4.78 is 57.8. The van der Waals surface area contributed by atoms with E-state index in [1.165, 1.54) is 21.3 Å². The van der Waals surface area contributed by atoms with Crippen molar-refractivity contribution < 1.29 is 27.4 Å². The second-order valence-corrected chi connectivity index (χ2v) is 7.34. The predicted molar refractivity (Wildman–Crippen MR) is 109 cm³/mol. The zero-order valence-corrected chi connectivity index (χ0v) is 17.4. The highest BCUT2D eigenvalue weighted by Gasteiger charge is 2.38. The summed E-state index contributed by atoms with van der Waals surface area (Å²) in [5.41, 5.74) is -1.47. The largest absolute Gasteiger partial charge is 0.493 e. The number of rotatable bonds is 5. The molecule has 4 aromatic rings. The van der Waals surface area contributed by atoms with Gasteiger partial charge in [0.15, 0.2) is 17.1 Å². The van der Waals surface area contributed by atoms with Crippen LogP contribution in [0.2, 0.25) is 0 Å². The zero-order valence-electron chi connectivity index (χ0n) is 16.5. The summed E-state index contributed by atoms with van der Waals surface area (Å²) in [6.07, 6.45) is -4.70. The number of aromatic amines is 1. The maximum absolute atomic E-state index is 13.7. The highest BCUT2D eigenvalue weighted by Crippen LogP contribution is 2.42. The van der Waals surface area contributed by atoms with Gasteiger partial charge in [-0.3, -0.25) is 9.89 Å². The van der Waals surface area contributed by atoms with Crippen LogP contribution in [0.5, 0.6) is 17.2 Å². The van der Waals surface area contributed by atoms with E-state index in [1.807, 2.05) is 0 Å². The lowest BCUT2D eigenvalue weighted by Gasteiger charge is -2.14. The Morgan fingerprint density at radius 2 is 1.74 bits per heavy atom. The number of nitrogens with zero attached hydrogens (tertiary/aromatic N) is 2. The quantitative estimate of drug-likeness (QED) is 0.485. The molecule has 0 unspecified atom stereocenters. The number of thiophene rings is 1. The Balaban J connectivity index is 2.03. The molecule has 0 saturated carbocycles. The molecule has 162 valence electrons. The van der Waals surface area contributed by atoms with Crippen LogP contribution >= 0.6 is 11.3 Å². The first kappa shape index (κ1) is 20.8. The first-order chi connectivity index (χ1) is 14.8. The molecular formula is C20H16F3N3O4S. The summed E-state index contributed by atoms with van der Waals surface area (Å²) in [5, 5.41) is 3.81. The number of halogens is 3. The molecule has 0 saturated heterocycles. The van der Waals surface area contributed by atoms with Gasteiger partial charge in [-0.05, 0) is 23.6 Å². The van der Waals surface area contributed by atoms with E-state index in [-0.39, 0.29) is 16.9 Å². The molecule has 0 aliphatic carbocycles. The summed E-state index contributed by atoms with van der Waals surface area (Å²) in [7, 11) is 4.31. The van der Waals surface area contributed by atoms with Gasteiger partial charge < -0.3 is 14.2 Å². The van der Waals surface area contributed by atoms with Crippen LogP contribution in [0.25, 0.3) is 27.3 Å². The van der Waals surface area contributed by atoms with Crippen LogP contribution < -0.4 is 19.8 Å². The molecular weight excluding hydrogens is 435 g/mol. The fourth-order valence-corrected chi connectivity index (χ4v) is 4.05. The first-order valence-electron chi connectivity index (χ1n) is 8.85. The monoisotopic (exact) mass is 451 g/mol. The molecule has 31 heavy (non-hydrogen) atoms. The van der Waals surface area contributed by atoms with Crippen LogP contribution in [0.4, 0.5) is 13.2 Å². The number of nitrogens with one attached hydrogen (secondary N) is 1. The highest BCUT2D eigenvalue weighted by atomic mass is 32.1. The maximum atomic E-state index is 13.7. The summed E-state index contributed by atoms with van der Waals surface area (Å²) in [4.78, 5) is 17.4. The summed E-state index contributed by atoms with van der Waals surface area (Å²) in [6, 6.07) is 7.46. The third-order valence-corrected chi connectivity index (χ3v) is 5.51. The Labute approximate surface area is 177 Å². The molecule has 0 aliphatic rings. The van der Waals surface area contributed by atoms with E-state index < -0.39 is 17.4 Å². The third kappa shape index (κ3) is 3.50. The first-order valence-corrected chi connectivity index (χ1v) is 9.73. The van der Waals surface area contributed by atoms with Gasteiger partial charge in [-0.2, -0.15) is 13.2 Å². The minimum absolute atomic E-state index is 0.133. The lowest BCUT2D eigenvalue weighted by atomic mass is 10.1. The topological polar surface area (TPSA) is 77.9 Å². The fourth-order valence-electron chi connectivity index (χ4n) is 3.27. The molecule has 3 aromatic heterocycles. The molecule has 0 bridgehead atoms. The Kier molecular flexibility index (Phi) is 5.13. The van der Waals surface area contributed by atoms with E-state index in [1.54, 1.807) is 29.6 Å². The second-order valence-electron chi connectivity index (χ2n) is 6.39. The van der Waals surface area contributed by atoms with Crippen LogP contribution in [0.1, 0.15) is 5.69 Å². The standard InChI is InChI=1S/C20H16F3N3O4S/c1-28-12-7-10(8-13(29-2)17(12)30-3)11-9-15(27)26-19(24-11)16(14-5-4-6-31-14)18(25-26)20(21,22)23/h4-9,25H,1-3H3. The number of fused-ring (bicyclic) bond motifs is 1. The van der Waals surface area contributed by atoms with Crippen molar-refractivity contribution in [2.24, 2.45) is 0 Å². The Morgan fingerprint density at radius 3 is 2.26 bits per heavy atom. The van der Waals surface area contributed by atoms with Gasteiger partial charge in [-0.25, -0.2) is 9.50 Å². The molecule has 0 spiro atoms. The molecule has 1 aromatic carbocycles. The highest BCUT2D eigenvalue weighted by molar-refractivity contribution is 7.13. The lowest BCUT2D eigenvalue weighted by Crippen LogP contribution is -2.15. The number of H-pyrrole nitrogens is 1. The molecule has 11 heteroatoms. The van der Waals surface area contributed by atoms with E-state index in [9.17, 15) is 18.0 Å². The molecule has 0 aliphatic heterocycles. The zero-order chi connectivity index (χ0) is 22.3. The predicted octanol–water partition coefficient (Wildman–Crippen LogP) is 4.46. The van der Waals surface area contributed by atoms with Gasteiger partial charge in [0.05, 0.1) is 32.6 Å². The van der Waals surface area contributed by atoms with Gasteiger partial charge in [-0.15, -0.1) is 11.3 Å². The molecule has 7 nitrogen and oxygen atoms in total. The van der Waals surface area contributed by atoms with Crippen molar-refractivity contribution in [2.45, 2.75) is 6.18 Å². The van der Waals surface area contributed by atoms with Crippen molar-refractivity contribution >= 4 is 17.0 Å². The average molecular weight is 451 g/mol. The fraction of sp³-hybridized carbons (Fsp3) is 0.200. The Hall–Kier alpha value is -3.47. The molecule has 1 N–H and O–H groups in total. The second kappa shape index (κ2) is 7.65. The summed E-state index contributed by atoms with van der Waals surface area (Å²) in [5.74, 6) is 0.983. The number of hydrogen-bond donors (Lipinski definition) is 1. The van der Waals surface area contributed by atoms with E-state index in [0.29, 0.717) is 27.7 Å². The smallest absolute Gasteiger partial charge is 0.433 e. The third-order valence-electron chi connectivity index (χ3n) is 4.63. The summed E-state index contributed by atoms with van der Waals surface area (Å²) in [6.45, 7) is 0. The molecule has 0 fully saturated rings. The number of ether oxygens (including phenoxy) is 3. The molecule has 0 radical (unpaired) electrons.